The van der Waals surface area contributed by atoms with Crippen LogP contribution in [0.25, 0.3) is 0 Å². The third-order valence-corrected chi connectivity index (χ3v) is 33.1. The lowest BCUT2D eigenvalue weighted by molar-refractivity contribution is 0.00807. The zero-order valence-corrected chi connectivity index (χ0v) is 84.6. The van der Waals surface area contributed by atoms with Gasteiger partial charge in [-0.05, 0) is 340 Å². The molecule has 0 aromatic heterocycles. The lowest BCUT2D eigenvalue weighted by Gasteiger charge is -2.39. The Morgan fingerprint density at radius 2 is 0.434 bits per heavy atom. The van der Waals surface area contributed by atoms with Gasteiger partial charge in [0, 0.05) is 110 Å². The summed E-state index contributed by atoms with van der Waals surface area (Å²) >= 11 is 0.250. The van der Waals surface area contributed by atoms with Crippen LogP contribution in [-0.2, 0) is 55.8 Å². The standard InChI is InChI=1S/5C24H27FN2O.CH3FS/c5*1-27-13-5-12-24(16-27)15-26-23(28-24)21-11-10-17-6-2-3-9-20(17)22(21)18-7-4-8-19(25)14-18;1-3-2/h5*2-4,6-9,14,21-22H,5,10-13,15-16H2,1H3;1H3/t2*21?,22-,24+;2*21?,22-,24-;;/m1010../s1. The quantitative estimate of drug-likeness (QED) is 0.122. The van der Waals surface area contributed by atoms with Gasteiger partial charge in [0.25, 0.3) is 0 Å². The van der Waals surface area contributed by atoms with Crippen LogP contribution in [0.4, 0.5) is 25.8 Å². The first-order chi connectivity index (χ1) is 69.6. The number of likely N-dealkylation sites (N-methyl/N-ethyl adjacent to an activating group) is 5. The van der Waals surface area contributed by atoms with Crippen molar-refractivity contribution in [3.8, 4) is 0 Å². The Morgan fingerprint density at radius 3 is 0.601 bits per heavy atom. The number of aliphatic imine (C=N–C) groups is 5. The Hall–Kier alpha value is -10.7. The number of hydrogen-bond donors (Lipinski definition) is 0. The number of rotatable bonds is 10. The summed E-state index contributed by atoms with van der Waals surface area (Å²) in [6.45, 7) is 14.1. The maximum absolute atomic E-state index is 14.1. The van der Waals surface area contributed by atoms with E-state index in [1.165, 1.54) is 92.2 Å². The van der Waals surface area contributed by atoms with Crippen LogP contribution in [0.5, 0.6) is 0 Å². The highest BCUT2D eigenvalue weighted by molar-refractivity contribution is 7.93. The van der Waals surface area contributed by atoms with Crippen molar-refractivity contribution in [3.05, 3.63) is 355 Å². The van der Waals surface area contributed by atoms with Gasteiger partial charge in [-0.15, -0.1) is 0 Å². The lowest BCUT2D eigenvalue weighted by Crippen LogP contribution is -2.49. The summed E-state index contributed by atoms with van der Waals surface area (Å²) in [6.07, 6.45) is 22.5. The number of ether oxygens (including phenoxy) is 5. The molecular weight excluding hydrogens is 1820 g/mol. The van der Waals surface area contributed by atoms with Crippen molar-refractivity contribution < 1.29 is 49.5 Å². The summed E-state index contributed by atoms with van der Waals surface area (Å²) in [6, 6.07) is 78.1. The molecule has 15 aliphatic rings. The van der Waals surface area contributed by atoms with Crippen LogP contribution in [0.1, 0.15) is 209 Å². The predicted molar refractivity (Wildman–Crippen MR) is 561 cm³/mol. The van der Waals surface area contributed by atoms with Crippen molar-refractivity contribution in [3.63, 3.8) is 0 Å². The number of fused-ring (bicyclic) bond motifs is 5. The molecule has 25 rings (SSSR count). The highest BCUT2D eigenvalue weighted by Crippen LogP contribution is 2.52. The third kappa shape index (κ3) is 22.2. The molecule has 0 N–H and O–H groups in total. The van der Waals surface area contributed by atoms with Gasteiger partial charge < -0.3 is 48.2 Å². The minimum absolute atomic E-state index is 0.0934. The van der Waals surface area contributed by atoms with Gasteiger partial charge in [-0.1, -0.05) is 182 Å². The molecule has 0 bridgehead atoms. The monoisotopic (exact) mass is 1960 g/mol. The Kier molecular flexibility index (Phi) is 30.6. The molecule has 10 aromatic rings. The van der Waals surface area contributed by atoms with E-state index in [4.69, 9.17) is 48.6 Å². The van der Waals surface area contributed by atoms with Crippen molar-refractivity contribution in [2.24, 2.45) is 54.6 Å². The van der Waals surface area contributed by atoms with E-state index in [0.717, 1.165) is 284 Å². The molecule has 22 heteroatoms. The van der Waals surface area contributed by atoms with Gasteiger partial charge in [0.15, 0.2) is 29.5 Å². The molecule has 5 spiro atoms. The summed E-state index contributed by atoms with van der Waals surface area (Å²) in [5.74, 6) is 4.85. The van der Waals surface area contributed by atoms with E-state index in [1.54, 1.807) is 30.3 Å². The zero-order valence-electron chi connectivity index (χ0n) is 83.8. The number of halogens is 6. The molecule has 15 nitrogen and oxygen atoms in total. The molecule has 750 valence electrons. The first-order valence-corrected chi connectivity index (χ1v) is 53.6. The number of likely N-dealkylation sites (tertiary alicyclic amines) is 5. The van der Waals surface area contributed by atoms with Crippen molar-refractivity contribution in [1.82, 2.24) is 24.5 Å². The first-order valence-electron chi connectivity index (χ1n) is 52.5. The van der Waals surface area contributed by atoms with Gasteiger partial charge in [0.05, 0.1) is 32.7 Å². The molecule has 5 fully saturated rings. The van der Waals surface area contributed by atoms with E-state index in [2.05, 4.69) is 181 Å². The molecule has 7 unspecified atom stereocenters. The van der Waals surface area contributed by atoms with E-state index in [1.807, 2.05) is 60.7 Å². The summed E-state index contributed by atoms with van der Waals surface area (Å²) in [5, 5.41) is 0. The molecule has 10 aromatic carbocycles. The lowest BCUT2D eigenvalue weighted by atomic mass is 9.71. The second-order valence-corrected chi connectivity index (χ2v) is 43.8. The SMILES string of the molecule is CN1CCCC2(CN=C(C3CCc4ccccc4C3c3cccc(F)c3)O2)C1.CN1CCC[C@@]2(CN=C(C3CCc4ccccc4[C@@H]3c3cccc(F)c3)O2)C1.CN1CCC[C@@]2(CN=C(C3CCc4ccccc4[C@H]3c3cccc(F)c3)O2)C1.CN1CCC[C@]2(CN=C(C3CCc4ccccc4[C@@H]3c3cccc(F)c3)O2)C1.CN1CCC[C@]2(CN=C(C3CCc4ccccc4[C@H]3c3cccc(F)c3)O2)C1.CSF. The van der Waals surface area contributed by atoms with Gasteiger partial charge in [0.1, 0.15) is 57.1 Å². The number of piperidine rings is 5. The summed E-state index contributed by atoms with van der Waals surface area (Å²) in [7, 11) is 10.8. The third-order valence-electron chi connectivity index (χ3n) is 33.1. The smallest absolute Gasteiger partial charge is 0.188 e. The summed E-state index contributed by atoms with van der Waals surface area (Å²) in [4.78, 5) is 36.3. The predicted octanol–water partition coefficient (Wildman–Crippen LogP) is 23.3. The van der Waals surface area contributed by atoms with Crippen molar-refractivity contribution in [2.45, 2.75) is 186 Å². The molecule has 0 radical (unpaired) electrons. The van der Waals surface area contributed by atoms with Crippen LogP contribution < -0.4 is 0 Å². The average molecular weight is 1960 g/mol. The average Bonchev–Trinajstić information content (AvgIpc) is 1.67. The van der Waals surface area contributed by atoms with Crippen LogP contribution >= 0.6 is 12.1 Å². The van der Waals surface area contributed by atoms with E-state index >= 15 is 0 Å². The number of aryl methyl sites for hydroxylation is 5. The molecule has 10 heterocycles. The van der Waals surface area contributed by atoms with Gasteiger partial charge in [-0.2, -0.15) is 3.89 Å². The fraction of sp³-hybridized carbons (Fsp3) is 0.463. The van der Waals surface area contributed by atoms with E-state index in [9.17, 15) is 25.8 Å². The van der Waals surface area contributed by atoms with Crippen LogP contribution in [-0.4, -0.2) is 222 Å². The van der Waals surface area contributed by atoms with E-state index in [0.29, 0.717) is 0 Å². The normalized spacial score (nSPS) is 29.5. The molecule has 0 amide bonds. The van der Waals surface area contributed by atoms with Crippen LogP contribution in [0.15, 0.2) is 268 Å². The second-order valence-electron chi connectivity index (χ2n) is 43.4. The maximum atomic E-state index is 14.1. The van der Waals surface area contributed by atoms with E-state index in [-0.39, 0.29) is 128 Å². The fourth-order valence-corrected chi connectivity index (χ4v) is 26.9. The number of nitrogens with zero attached hydrogens (tertiary/aromatic N) is 10. The molecule has 5 saturated heterocycles. The second kappa shape index (κ2) is 43.9. The highest BCUT2D eigenvalue weighted by atomic mass is 32.2. The minimum atomic E-state index is -0.182. The molecule has 10 aliphatic heterocycles. The van der Waals surface area contributed by atoms with Crippen LogP contribution in [0, 0.1) is 58.7 Å². The summed E-state index contributed by atoms with van der Waals surface area (Å²) in [5.41, 5.74) is 17.5. The zero-order chi connectivity index (χ0) is 98.4. The largest absolute Gasteiger partial charge is 0.471 e. The number of hydrogen-bond acceptors (Lipinski definition) is 16. The van der Waals surface area contributed by atoms with Gasteiger partial charge in [0.2, 0.25) is 0 Å². The Balaban J connectivity index is 0.000000108. The van der Waals surface area contributed by atoms with Crippen LogP contribution in [0.2, 0.25) is 0 Å². The Morgan fingerprint density at radius 1 is 0.259 bits per heavy atom. The van der Waals surface area contributed by atoms with Crippen molar-refractivity contribution in [1.29, 1.82) is 0 Å². The topological polar surface area (TPSA) is 124 Å². The molecule has 15 atom stereocenters. The summed E-state index contributed by atoms with van der Waals surface area (Å²) < 4.78 is 114. The number of benzene rings is 10. The van der Waals surface area contributed by atoms with E-state index < -0.39 is 0 Å². The molecule has 143 heavy (non-hydrogen) atoms. The van der Waals surface area contributed by atoms with Crippen LogP contribution in [0.3, 0.4) is 0 Å². The minimum Gasteiger partial charge on any atom is -0.471 e. The fourth-order valence-electron chi connectivity index (χ4n) is 26.9. The van der Waals surface area contributed by atoms with Gasteiger partial charge >= 0.3 is 0 Å². The van der Waals surface area contributed by atoms with Gasteiger partial charge in [-0.3, -0.25) is 25.0 Å². The highest BCUT2D eigenvalue weighted by Gasteiger charge is 2.53. The molecular formula is C121H138F6N10O5S. The van der Waals surface area contributed by atoms with Crippen molar-refractivity contribution in [2.75, 3.05) is 140 Å². The Labute approximate surface area is 845 Å². The first kappa shape index (κ1) is 99.6. The molecule has 5 aliphatic carbocycles. The van der Waals surface area contributed by atoms with Crippen molar-refractivity contribution >= 4 is 41.6 Å². The van der Waals surface area contributed by atoms with Gasteiger partial charge in [-0.25, -0.2) is 22.0 Å². The Bertz CT molecular complexity index is 5450. The maximum Gasteiger partial charge on any atom is 0.188 e. The molecule has 0 saturated carbocycles.